The maximum Gasteiger partial charge on any atom is 0.352 e. The highest BCUT2D eigenvalue weighted by Gasteiger charge is 2.13. The van der Waals surface area contributed by atoms with Gasteiger partial charge in [-0.25, -0.2) is 4.79 Å². The third-order valence-electron chi connectivity index (χ3n) is 3.00. The molecule has 0 saturated carbocycles. The summed E-state index contributed by atoms with van der Waals surface area (Å²) in [7, 11) is 1.54. The van der Waals surface area contributed by atoms with Crippen LogP contribution in [0.5, 0.6) is 5.75 Å². The number of hydrogen-bond acceptors (Lipinski definition) is 3. The number of nitrogens with one attached hydrogen (secondary N) is 1. The van der Waals surface area contributed by atoms with Crippen molar-refractivity contribution in [1.82, 2.24) is 5.32 Å². The molecule has 0 aliphatic carbocycles. The first-order valence-electron chi connectivity index (χ1n) is 6.66. The van der Waals surface area contributed by atoms with Crippen LogP contribution >= 0.6 is 15.9 Å². The van der Waals surface area contributed by atoms with Crippen LogP contribution in [0.15, 0.2) is 58.7 Å². The quantitative estimate of drug-likeness (QED) is 0.786. The molecule has 0 heterocycles. The highest BCUT2D eigenvalue weighted by atomic mass is 79.9. The first-order valence-corrected chi connectivity index (χ1v) is 7.45. The van der Waals surface area contributed by atoms with Gasteiger partial charge in [0.15, 0.2) is 0 Å². The Labute approximate surface area is 141 Å². The summed E-state index contributed by atoms with van der Waals surface area (Å²) >= 11 is 3.33. The fourth-order valence-electron chi connectivity index (χ4n) is 1.87. The number of carboxylic acids is 1. The van der Waals surface area contributed by atoms with E-state index in [4.69, 9.17) is 4.74 Å². The van der Waals surface area contributed by atoms with E-state index in [9.17, 15) is 14.7 Å². The number of methoxy groups -OCH3 is 1. The number of ether oxygens (including phenoxy) is 1. The molecule has 2 rings (SSSR count). The lowest BCUT2D eigenvalue weighted by atomic mass is 10.1. The zero-order valence-corrected chi connectivity index (χ0v) is 13.8. The first-order chi connectivity index (χ1) is 11.0. The molecule has 0 aromatic heterocycles. The molecular formula is C17H14BrNO4. The molecule has 1 amide bonds. The zero-order valence-electron chi connectivity index (χ0n) is 12.2. The lowest BCUT2D eigenvalue weighted by Gasteiger charge is -2.07. The van der Waals surface area contributed by atoms with Crippen molar-refractivity contribution in [2.75, 3.05) is 7.11 Å². The molecule has 6 heteroatoms. The molecule has 2 aromatic carbocycles. The lowest BCUT2D eigenvalue weighted by molar-refractivity contribution is -0.132. The van der Waals surface area contributed by atoms with E-state index < -0.39 is 11.9 Å². The zero-order chi connectivity index (χ0) is 16.8. The third kappa shape index (κ3) is 4.43. The molecule has 5 nitrogen and oxygen atoms in total. The Morgan fingerprint density at radius 2 is 1.87 bits per heavy atom. The van der Waals surface area contributed by atoms with E-state index in [2.05, 4.69) is 21.2 Å². The van der Waals surface area contributed by atoms with Gasteiger partial charge in [-0.3, -0.25) is 4.79 Å². The SMILES string of the molecule is COc1ccc(/C=C(/NC(=O)c2ccccc2)C(=O)O)cc1Br. The van der Waals surface area contributed by atoms with Gasteiger partial charge in [0.05, 0.1) is 11.6 Å². The fraction of sp³-hybridized carbons (Fsp3) is 0.0588. The van der Waals surface area contributed by atoms with E-state index in [0.717, 1.165) is 0 Å². The van der Waals surface area contributed by atoms with Gasteiger partial charge in [0.1, 0.15) is 11.4 Å². The first kappa shape index (κ1) is 16.8. The highest BCUT2D eigenvalue weighted by molar-refractivity contribution is 9.10. The Balaban J connectivity index is 2.26. The molecule has 0 aliphatic rings. The second-order valence-electron chi connectivity index (χ2n) is 4.58. The molecule has 2 N–H and O–H groups in total. The van der Waals surface area contributed by atoms with E-state index in [1.807, 2.05) is 0 Å². The molecule has 0 radical (unpaired) electrons. The summed E-state index contributed by atoms with van der Waals surface area (Å²) in [5.74, 6) is -1.07. The Kier molecular flexibility index (Phi) is 5.54. The molecule has 0 spiro atoms. The molecule has 0 atom stereocenters. The van der Waals surface area contributed by atoms with Crippen LogP contribution < -0.4 is 10.1 Å². The van der Waals surface area contributed by atoms with E-state index in [0.29, 0.717) is 21.3 Å². The van der Waals surface area contributed by atoms with Crippen molar-refractivity contribution < 1.29 is 19.4 Å². The standard InChI is InChI=1S/C17H14BrNO4/c1-23-15-8-7-11(9-13(15)18)10-14(17(21)22)19-16(20)12-5-3-2-4-6-12/h2-10H,1H3,(H,19,20)(H,21,22)/b14-10+. The monoisotopic (exact) mass is 375 g/mol. The number of aliphatic carboxylic acids is 1. The maximum atomic E-state index is 12.1. The summed E-state index contributed by atoms with van der Waals surface area (Å²) in [6.07, 6.45) is 1.38. The van der Waals surface area contributed by atoms with Gasteiger partial charge in [-0.15, -0.1) is 0 Å². The predicted molar refractivity (Wildman–Crippen MR) is 90.2 cm³/mol. The van der Waals surface area contributed by atoms with Crippen LogP contribution in [0, 0.1) is 0 Å². The van der Waals surface area contributed by atoms with Gasteiger partial charge < -0.3 is 15.2 Å². The average molecular weight is 376 g/mol. The van der Waals surface area contributed by atoms with E-state index in [1.54, 1.807) is 55.6 Å². The molecule has 0 aliphatic heterocycles. The Hall–Kier alpha value is -2.60. The molecule has 2 aromatic rings. The van der Waals surface area contributed by atoms with Gasteiger partial charge >= 0.3 is 5.97 Å². The van der Waals surface area contributed by atoms with Gasteiger partial charge in [-0.05, 0) is 51.8 Å². The number of halogens is 1. The van der Waals surface area contributed by atoms with Gasteiger partial charge in [-0.2, -0.15) is 0 Å². The van der Waals surface area contributed by atoms with Gasteiger partial charge in [0.2, 0.25) is 0 Å². The summed E-state index contributed by atoms with van der Waals surface area (Å²) in [4.78, 5) is 23.4. The van der Waals surface area contributed by atoms with Crippen molar-refractivity contribution in [3.63, 3.8) is 0 Å². The van der Waals surface area contributed by atoms with Crippen molar-refractivity contribution in [3.8, 4) is 5.75 Å². The number of benzene rings is 2. The molecular weight excluding hydrogens is 362 g/mol. The number of carbonyl (C=O) groups excluding carboxylic acids is 1. The van der Waals surface area contributed by atoms with Crippen molar-refractivity contribution in [1.29, 1.82) is 0 Å². The Morgan fingerprint density at radius 1 is 1.17 bits per heavy atom. The molecule has 0 fully saturated rings. The highest BCUT2D eigenvalue weighted by Crippen LogP contribution is 2.26. The minimum absolute atomic E-state index is 0.212. The fourth-order valence-corrected chi connectivity index (χ4v) is 2.43. The summed E-state index contributed by atoms with van der Waals surface area (Å²) in [5.41, 5.74) is 0.787. The average Bonchev–Trinajstić information content (AvgIpc) is 2.55. The van der Waals surface area contributed by atoms with Gasteiger partial charge in [0, 0.05) is 5.56 Å². The second-order valence-corrected chi connectivity index (χ2v) is 5.43. The number of carboxylic acid groups (broad SMARTS) is 1. The summed E-state index contributed by atoms with van der Waals surface area (Å²) in [6, 6.07) is 13.5. The van der Waals surface area contributed by atoms with Crippen molar-refractivity contribution in [3.05, 3.63) is 69.8 Å². The number of rotatable bonds is 5. The summed E-state index contributed by atoms with van der Waals surface area (Å²) in [5, 5.41) is 11.7. The summed E-state index contributed by atoms with van der Waals surface area (Å²) in [6.45, 7) is 0. The van der Waals surface area contributed by atoms with Crippen LogP contribution in [0.2, 0.25) is 0 Å². The van der Waals surface area contributed by atoms with Crippen LogP contribution in [-0.4, -0.2) is 24.1 Å². The smallest absolute Gasteiger partial charge is 0.352 e. The Bertz CT molecular complexity index is 756. The van der Waals surface area contributed by atoms with E-state index in [-0.39, 0.29) is 5.70 Å². The lowest BCUT2D eigenvalue weighted by Crippen LogP contribution is -2.27. The van der Waals surface area contributed by atoms with E-state index in [1.165, 1.54) is 6.08 Å². The van der Waals surface area contributed by atoms with Crippen LogP contribution in [0.1, 0.15) is 15.9 Å². The largest absolute Gasteiger partial charge is 0.496 e. The molecule has 0 unspecified atom stereocenters. The molecule has 0 saturated heterocycles. The second kappa shape index (κ2) is 7.60. The number of hydrogen-bond donors (Lipinski definition) is 2. The Morgan fingerprint density at radius 3 is 2.43 bits per heavy atom. The topological polar surface area (TPSA) is 75.6 Å². The minimum atomic E-state index is -1.22. The van der Waals surface area contributed by atoms with Crippen molar-refractivity contribution >= 4 is 33.9 Å². The van der Waals surface area contributed by atoms with Crippen LogP contribution in [0.4, 0.5) is 0 Å². The predicted octanol–water partition coefficient (Wildman–Crippen LogP) is 3.31. The minimum Gasteiger partial charge on any atom is -0.496 e. The van der Waals surface area contributed by atoms with Crippen LogP contribution in [0.3, 0.4) is 0 Å². The van der Waals surface area contributed by atoms with Crippen LogP contribution in [0.25, 0.3) is 6.08 Å². The number of carbonyl (C=O) groups is 2. The summed E-state index contributed by atoms with van der Waals surface area (Å²) < 4.78 is 5.81. The van der Waals surface area contributed by atoms with Crippen molar-refractivity contribution in [2.24, 2.45) is 0 Å². The molecule has 118 valence electrons. The van der Waals surface area contributed by atoms with Gasteiger partial charge in [0.25, 0.3) is 5.91 Å². The van der Waals surface area contributed by atoms with Crippen molar-refractivity contribution in [2.45, 2.75) is 0 Å². The molecule has 0 bridgehead atoms. The third-order valence-corrected chi connectivity index (χ3v) is 3.62. The maximum absolute atomic E-state index is 12.1. The van der Waals surface area contributed by atoms with E-state index >= 15 is 0 Å². The van der Waals surface area contributed by atoms with Gasteiger partial charge in [-0.1, -0.05) is 24.3 Å². The normalized spacial score (nSPS) is 11.0. The molecule has 23 heavy (non-hydrogen) atoms. The van der Waals surface area contributed by atoms with Crippen LogP contribution in [-0.2, 0) is 4.79 Å². The number of amides is 1.